The second-order valence-corrected chi connectivity index (χ2v) is 10.1. The lowest BCUT2D eigenvalue weighted by atomic mass is 9.82. The summed E-state index contributed by atoms with van der Waals surface area (Å²) < 4.78 is 28.0. The summed E-state index contributed by atoms with van der Waals surface area (Å²) in [4.78, 5) is 28.7. The average Bonchev–Trinajstić information content (AvgIpc) is 3.13. The number of sulfonamides is 1. The number of hydrogen-bond acceptors (Lipinski definition) is 5. The SMILES string of the molecule is NC(=O)C=CC1=c2c(Cl)cc(Cl)cc2=NC1(C(=O)O)c1cccc(NS(=O)(=O)c2ccccc2)c1. The van der Waals surface area contributed by atoms with Gasteiger partial charge < -0.3 is 10.8 Å². The van der Waals surface area contributed by atoms with Crippen LogP contribution in [0.15, 0.2) is 88.8 Å². The maximum absolute atomic E-state index is 12.8. The molecule has 1 aliphatic rings. The molecule has 1 atom stereocenters. The zero-order valence-electron chi connectivity index (χ0n) is 17.8. The molecule has 0 saturated heterocycles. The number of amides is 1. The van der Waals surface area contributed by atoms with Gasteiger partial charge in [0.2, 0.25) is 11.4 Å². The van der Waals surface area contributed by atoms with Crippen LogP contribution in [0, 0.1) is 0 Å². The Kier molecular flexibility index (Phi) is 6.42. The maximum atomic E-state index is 12.8. The molecule has 4 N–H and O–H groups in total. The van der Waals surface area contributed by atoms with E-state index in [9.17, 15) is 23.1 Å². The van der Waals surface area contributed by atoms with Crippen LogP contribution in [0.2, 0.25) is 10.0 Å². The van der Waals surface area contributed by atoms with Crippen molar-refractivity contribution in [2.45, 2.75) is 10.4 Å². The minimum absolute atomic E-state index is 0.0365. The van der Waals surface area contributed by atoms with Crippen LogP contribution in [-0.4, -0.2) is 25.4 Å². The second-order valence-electron chi connectivity index (χ2n) is 7.56. The van der Waals surface area contributed by atoms with Gasteiger partial charge in [0.15, 0.2) is 0 Å². The Morgan fingerprint density at radius 1 is 1.03 bits per heavy atom. The Bertz CT molecular complexity index is 1620. The van der Waals surface area contributed by atoms with E-state index < -0.39 is 27.4 Å². The Hall–Kier alpha value is -3.66. The van der Waals surface area contributed by atoms with Gasteiger partial charge in [-0.05, 0) is 48.0 Å². The number of hydrogen-bond donors (Lipinski definition) is 3. The van der Waals surface area contributed by atoms with Gasteiger partial charge in [0.25, 0.3) is 10.0 Å². The predicted molar refractivity (Wildman–Crippen MR) is 132 cm³/mol. The number of primary amides is 1. The van der Waals surface area contributed by atoms with Crippen LogP contribution in [0.1, 0.15) is 5.56 Å². The third kappa shape index (κ3) is 4.53. The monoisotopic (exact) mass is 529 g/mol. The lowest BCUT2D eigenvalue weighted by Crippen LogP contribution is -2.35. The maximum Gasteiger partial charge on any atom is 0.341 e. The highest BCUT2D eigenvalue weighted by Crippen LogP contribution is 2.39. The first kappa shape index (κ1) is 24.5. The summed E-state index contributed by atoms with van der Waals surface area (Å²) in [5.41, 5.74) is 3.50. The van der Waals surface area contributed by atoms with Crippen molar-refractivity contribution in [1.29, 1.82) is 0 Å². The zero-order valence-corrected chi connectivity index (χ0v) is 20.1. The molecule has 0 aromatic heterocycles. The molecule has 1 heterocycles. The van der Waals surface area contributed by atoms with E-state index in [1.165, 1.54) is 54.6 Å². The van der Waals surface area contributed by atoms with Gasteiger partial charge in [0.1, 0.15) is 0 Å². The number of benzene rings is 3. The lowest BCUT2D eigenvalue weighted by molar-refractivity contribution is -0.141. The number of carboxylic acid groups (broad SMARTS) is 1. The number of carbonyl (C=O) groups excluding carboxylic acids is 1. The molecule has 178 valence electrons. The topological polar surface area (TPSA) is 139 Å². The number of aliphatic carboxylic acids is 1. The van der Waals surface area contributed by atoms with Gasteiger partial charge in [0, 0.05) is 27.6 Å². The third-order valence-electron chi connectivity index (χ3n) is 5.29. The number of nitrogens with one attached hydrogen (secondary N) is 1. The first-order valence-corrected chi connectivity index (χ1v) is 12.3. The number of nitrogens with two attached hydrogens (primary N) is 1. The molecule has 0 spiro atoms. The minimum Gasteiger partial charge on any atom is -0.479 e. The highest BCUT2D eigenvalue weighted by Gasteiger charge is 2.46. The molecule has 3 aromatic rings. The number of nitrogens with zero attached hydrogens (tertiary/aromatic N) is 1. The molecule has 1 aliphatic heterocycles. The molecule has 0 radical (unpaired) electrons. The van der Waals surface area contributed by atoms with Crippen LogP contribution >= 0.6 is 23.2 Å². The van der Waals surface area contributed by atoms with E-state index in [0.717, 1.165) is 6.08 Å². The van der Waals surface area contributed by atoms with Gasteiger partial charge >= 0.3 is 5.97 Å². The number of anilines is 1. The van der Waals surface area contributed by atoms with Crippen molar-refractivity contribution in [2.24, 2.45) is 10.7 Å². The predicted octanol–water partition coefficient (Wildman–Crippen LogP) is 2.60. The Labute approximate surface area is 210 Å². The average molecular weight is 530 g/mol. The normalized spacial score (nSPS) is 17.1. The Balaban J connectivity index is 1.93. The highest BCUT2D eigenvalue weighted by molar-refractivity contribution is 7.92. The van der Waals surface area contributed by atoms with Crippen molar-refractivity contribution in [3.05, 3.63) is 105 Å². The molecular formula is C24H17Cl2N3O5S. The summed E-state index contributed by atoms with van der Waals surface area (Å²) in [6.07, 6.45) is 2.25. The Morgan fingerprint density at radius 2 is 1.74 bits per heavy atom. The summed E-state index contributed by atoms with van der Waals surface area (Å²) in [7, 11) is -3.94. The van der Waals surface area contributed by atoms with Crippen LogP contribution in [0.4, 0.5) is 5.69 Å². The standard InChI is InChI=1S/C24H17Cl2N3O5S/c25-15-12-19(26)22-18(9-10-21(27)30)24(23(31)32,28-20(22)13-15)14-5-4-6-16(11-14)29-35(33,34)17-7-2-1-3-8-17/h1-13,29H,(H2,27,30)(H,31,32). The molecule has 0 aliphatic carbocycles. The van der Waals surface area contributed by atoms with Crippen molar-refractivity contribution in [3.8, 4) is 0 Å². The van der Waals surface area contributed by atoms with Gasteiger partial charge in [0.05, 0.1) is 15.3 Å². The van der Waals surface area contributed by atoms with Crippen LogP contribution in [0.3, 0.4) is 0 Å². The largest absolute Gasteiger partial charge is 0.479 e. The fourth-order valence-corrected chi connectivity index (χ4v) is 5.49. The molecule has 0 bridgehead atoms. The summed E-state index contributed by atoms with van der Waals surface area (Å²) in [5.74, 6) is -2.19. The molecule has 0 fully saturated rings. The molecular weight excluding hydrogens is 513 g/mol. The van der Waals surface area contributed by atoms with Gasteiger partial charge in [-0.2, -0.15) is 0 Å². The number of halogens is 2. The fourth-order valence-electron chi connectivity index (χ4n) is 3.83. The highest BCUT2D eigenvalue weighted by atomic mass is 35.5. The number of rotatable bonds is 7. The van der Waals surface area contributed by atoms with Crippen LogP contribution in [-0.2, 0) is 25.2 Å². The van der Waals surface area contributed by atoms with Gasteiger partial charge in [-0.25, -0.2) is 13.2 Å². The van der Waals surface area contributed by atoms with E-state index in [-0.39, 0.29) is 42.3 Å². The quantitative estimate of drug-likeness (QED) is 0.403. The van der Waals surface area contributed by atoms with Gasteiger partial charge in [-0.3, -0.25) is 14.5 Å². The second kappa shape index (κ2) is 9.18. The van der Waals surface area contributed by atoms with E-state index in [2.05, 4.69) is 9.71 Å². The van der Waals surface area contributed by atoms with Gasteiger partial charge in [-0.15, -0.1) is 0 Å². The molecule has 8 nitrogen and oxygen atoms in total. The first-order valence-electron chi connectivity index (χ1n) is 10.0. The van der Waals surface area contributed by atoms with E-state index >= 15 is 0 Å². The van der Waals surface area contributed by atoms with E-state index in [1.807, 2.05) is 0 Å². The summed E-state index contributed by atoms with van der Waals surface area (Å²) >= 11 is 12.5. The molecule has 11 heteroatoms. The molecule has 0 saturated carbocycles. The Morgan fingerprint density at radius 3 is 2.40 bits per heavy atom. The van der Waals surface area contributed by atoms with Crippen molar-refractivity contribution >= 4 is 56.4 Å². The molecule has 4 rings (SSSR count). The summed E-state index contributed by atoms with van der Waals surface area (Å²) in [6.45, 7) is 0. The zero-order chi connectivity index (χ0) is 25.4. The lowest BCUT2D eigenvalue weighted by Gasteiger charge is -2.25. The summed E-state index contributed by atoms with van der Waals surface area (Å²) in [5, 5.41) is 11.2. The minimum atomic E-state index is -3.94. The van der Waals surface area contributed by atoms with Crippen LogP contribution < -0.4 is 21.0 Å². The fraction of sp³-hybridized carbons (Fsp3) is 0.0417. The van der Waals surface area contributed by atoms with E-state index in [4.69, 9.17) is 28.9 Å². The first-order chi connectivity index (χ1) is 16.5. The van der Waals surface area contributed by atoms with E-state index in [0.29, 0.717) is 0 Å². The third-order valence-corrected chi connectivity index (χ3v) is 7.20. The number of fused-ring (bicyclic) bond motifs is 1. The number of carboxylic acids is 1. The molecule has 3 aromatic carbocycles. The molecule has 35 heavy (non-hydrogen) atoms. The molecule has 1 unspecified atom stereocenters. The summed E-state index contributed by atoms with van der Waals surface area (Å²) in [6, 6.07) is 16.4. The van der Waals surface area contributed by atoms with Gasteiger partial charge in [-0.1, -0.05) is 53.5 Å². The van der Waals surface area contributed by atoms with Crippen LogP contribution in [0.5, 0.6) is 0 Å². The van der Waals surface area contributed by atoms with Crippen molar-refractivity contribution < 1.29 is 23.1 Å². The van der Waals surface area contributed by atoms with Crippen molar-refractivity contribution in [2.75, 3.05) is 4.72 Å². The van der Waals surface area contributed by atoms with E-state index in [1.54, 1.807) is 18.2 Å². The van der Waals surface area contributed by atoms with Crippen LogP contribution in [0.25, 0.3) is 5.57 Å². The van der Waals surface area contributed by atoms with Crippen molar-refractivity contribution in [3.63, 3.8) is 0 Å². The smallest absolute Gasteiger partial charge is 0.341 e. The molecule has 1 amide bonds. The number of carbonyl (C=O) groups is 2. The van der Waals surface area contributed by atoms with Crippen molar-refractivity contribution in [1.82, 2.24) is 0 Å².